The van der Waals surface area contributed by atoms with Crippen LogP contribution in [0.5, 0.6) is 0 Å². The van der Waals surface area contributed by atoms with Gasteiger partial charge in [0.15, 0.2) is 4.73 Å². The molecule has 1 aromatic heterocycles. The van der Waals surface area contributed by atoms with Gasteiger partial charge in [-0.05, 0) is 56.7 Å². The predicted octanol–water partition coefficient (Wildman–Crippen LogP) is 2.14. The van der Waals surface area contributed by atoms with Crippen molar-refractivity contribution in [3.8, 4) is 0 Å². The molecule has 1 aromatic rings. The molecule has 1 atom stereocenters. The lowest BCUT2D eigenvalue weighted by atomic mass is 10.3. The molecule has 5 nitrogen and oxygen atoms in total. The number of rotatable bonds is 3. The van der Waals surface area contributed by atoms with Crippen LogP contribution in [0.15, 0.2) is 27.2 Å². The van der Waals surface area contributed by atoms with E-state index in [1.165, 1.54) is 18.5 Å². The van der Waals surface area contributed by atoms with Crippen LogP contribution >= 0.6 is 31.9 Å². The summed E-state index contributed by atoms with van der Waals surface area (Å²) < 4.78 is 1.41. The van der Waals surface area contributed by atoms with Gasteiger partial charge in [0.05, 0.1) is 4.47 Å². The minimum atomic E-state index is 0.0590. The van der Waals surface area contributed by atoms with Crippen molar-refractivity contribution >= 4 is 37.7 Å². The maximum absolute atomic E-state index is 4.27. The molecular weight excluding hydrogens is 350 g/mol. The first-order valence-electron chi connectivity index (χ1n) is 5.40. The Morgan fingerprint density at radius 3 is 2.94 bits per heavy atom. The van der Waals surface area contributed by atoms with E-state index >= 15 is 0 Å². The minimum absolute atomic E-state index is 0.0590. The fourth-order valence-corrected chi connectivity index (χ4v) is 2.31. The number of hydrogen-bond acceptors (Lipinski definition) is 5. The van der Waals surface area contributed by atoms with Crippen LogP contribution in [0.4, 0.5) is 5.82 Å². The van der Waals surface area contributed by atoms with E-state index in [9.17, 15) is 0 Å². The smallest absolute Gasteiger partial charge is 0.198 e. The van der Waals surface area contributed by atoms with Gasteiger partial charge in [-0.2, -0.15) is 0 Å². The van der Waals surface area contributed by atoms with Gasteiger partial charge in [-0.3, -0.25) is 0 Å². The summed E-state index contributed by atoms with van der Waals surface area (Å²) in [5, 5.41) is 3.28. The molecule has 17 heavy (non-hydrogen) atoms. The Kier molecular flexibility index (Phi) is 3.06. The average Bonchev–Trinajstić information content (AvgIpc) is 3.05. The molecule has 0 amide bonds. The topological polar surface area (TPSA) is 61.9 Å². The second kappa shape index (κ2) is 4.55. The van der Waals surface area contributed by atoms with E-state index in [2.05, 4.69) is 64.1 Å². The van der Waals surface area contributed by atoms with Crippen molar-refractivity contribution < 1.29 is 0 Å². The molecular formula is C10H11Br2N5. The Hall–Kier alpha value is -0.660. The Balaban J connectivity index is 1.72. The molecule has 1 fully saturated rings. The number of nitrogens with zero attached hydrogens (tertiary/aromatic N) is 2. The molecule has 90 valence electrons. The zero-order valence-corrected chi connectivity index (χ0v) is 12.0. The molecule has 0 saturated heterocycles. The molecule has 0 spiro atoms. The highest BCUT2D eigenvalue weighted by Crippen LogP contribution is 2.36. The van der Waals surface area contributed by atoms with E-state index < -0.39 is 0 Å². The van der Waals surface area contributed by atoms with Gasteiger partial charge in [-0.25, -0.2) is 15.4 Å². The van der Waals surface area contributed by atoms with Crippen LogP contribution in [0.25, 0.3) is 0 Å². The minimum Gasteiger partial charge on any atom is -0.349 e. The number of anilines is 1. The molecule has 1 aliphatic heterocycles. The summed E-state index contributed by atoms with van der Waals surface area (Å²) in [7, 11) is 0. The largest absolute Gasteiger partial charge is 0.349 e. The lowest BCUT2D eigenvalue weighted by Gasteiger charge is -2.13. The molecule has 0 radical (unpaired) electrons. The van der Waals surface area contributed by atoms with Gasteiger partial charge in [0.2, 0.25) is 0 Å². The van der Waals surface area contributed by atoms with Gasteiger partial charge in [-0.1, -0.05) is 0 Å². The van der Waals surface area contributed by atoms with Gasteiger partial charge in [0.1, 0.15) is 12.0 Å². The monoisotopic (exact) mass is 359 g/mol. The summed E-state index contributed by atoms with van der Waals surface area (Å²) in [6.45, 7) is 0. The SMILES string of the molecule is Brc1ncc(Br)c(NC2C=C(C3CC3)NN2)n1. The van der Waals surface area contributed by atoms with Crippen LogP contribution in [0.3, 0.4) is 0 Å². The molecule has 0 bridgehead atoms. The summed E-state index contributed by atoms with van der Waals surface area (Å²) in [4.78, 5) is 8.31. The van der Waals surface area contributed by atoms with E-state index in [0.29, 0.717) is 4.73 Å². The van der Waals surface area contributed by atoms with Crippen molar-refractivity contribution in [1.29, 1.82) is 0 Å². The maximum Gasteiger partial charge on any atom is 0.198 e. The van der Waals surface area contributed by atoms with Gasteiger partial charge >= 0.3 is 0 Å². The highest BCUT2D eigenvalue weighted by Gasteiger charge is 2.30. The maximum atomic E-state index is 4.27. The van der Waals surface area contributed by atoms with E-state index in [4.69, 9.17) is 0 Å². The first-order valence-corrected chi connectivity index (χ1v) is 6.99. The zero-order valence-electron chi connectivity index (χ0n) is 8.87. The summed E-state index contributed by atoms with van der Waals surface area (Å²) in [6.07, 6.45) is 6.52. The average molecular weight is 361 g/mol. The fourth-order valence-electron chi connectivity index (χ4n) is 1.73. The lowest BCUT2D eigenvalue weighted by molar-refractivity contribution is 0.599. The van der Waals surface area contributed by atoms with Crippen LogP contribution < -0.4 is 16.2 Å². The molecule has 2 aliphatic rings. The number of nitrogens with one attached hydrogen (secondary N) is 3. The molecule has 1 saturated carbocycles. The fraction of sp³-hybridized carbons (Fsp3) is 0.400. The van der Waals surface area contributed by atoms with E-state index in [1.54, 1.807) is 6.20 Å². The predicted molar refractivity (Wildman–Crippen MR) is 71.9 cm³/mol. The van der Waals surface area contributed by atoms with E-state index in [0.717, 1.165) is 16.2 Å². The van der Waals surface area contributed by atoms with Gasteiger partial charge in [-0.15, -0.1) is 0 Å². The second-order valence-corrected chi connectivity index (χ2v) is 5.69. The van der Waals surface area contributed by atoms with Crippen LogP contribution in [-0.4, -0.2) is 16.1 Å². The Morgan fingerprint density at radius 2 is 2.18 bits per heavy atom. The third kappa shape index (κ3) is 2.61. The molecule has 0 aromatic carbocycles. The third-order valence-electron chi connectivity index (χ3n) is 2.74. The summed E-state index contributed by atoms with van der Waals surface area (Å²) in [5.74, 6) is 1.48. The van der Waals surface area contributed by atoms with Crippen LogP contribution in [0.1, 0.15) is 12.8 Å². The third-order valence-corrected chi connectivity index (χ3v) is 3.70. The number of hydrogen-bond donors (Lipinski definition) is 3. The Labute approximate surface area is 116 Å². The Morgan fingerprint density at radius 1 is 1.35 bits per heavy atom. The van der Waals surface area contributed by atoms with Crippen molar-refractivity contribution in [3.63, 3.8) is 0 Å². The molecule has 3 N–H and O–H groups in total. The first-order chi connectivity index (χ1) is 8.22. The van der Waals surface area contributed by atoms with Crippen LogP contribution in [0.2, 0.25) is 0 Å². The van der Waals surface area contributed by atoms with Gasteiger partial charge < -0.3 is 10.7 Å². The molecule has 3 rings (SSSR count). The van der Waals surface area contributed by atoms with E-state index in [-0.39, 0.29) is 6.17 Å². The van der Waals surface area contributed by atoms with Crippen molar-refractivity contribution in [2.75, 3.05) is 5.32 Å². The van der Waals surface area contributed by atoms with E-state index in [1.807, 2.05) is 0 Å². The number of aromatic nitrogens is 2. The standard InChI is InChI=1S/C10H11Br2N5/c11-6-4-13-10(12)15-9(6)14-8-3-7(16-17-8)5-1-2-5/h3-5,8,16-17H,1-2H2,(H,13,14,15). The number of halogens is 2. The summed E-state index contributed by atoms with van der Waals surface area (Å²) in [5.41, 5.74) is 7.66. The Bertz CT molecular complexity index is 472. The van der Waals surface area contributed by atoms with Crippen molar-refractivity contribution in [3.05, 3.63) is 27.2 Å². The summed E-state index contributed by atoms with van der Waals surface area (Å²) in [6, 6.07) is 0. The molecule has 7 heteroatoms. The first kappa shape index (κ1) is 11.4. The van der Waals surface area contributed by atoms with Crippen molar-refractivity contribution in [2.24, 2.45) is 5.92 Å². The number of hydrazine groups is 1. The van der Waals surface area contributed by atoms with Gasteiger partial charge in [0, 0.05) is 11.9 Å². The number of allylic oxidation sites excluding steroid dienone is 1. The normalized spacial score (nSPS) is 23.2. The molecule has 2 heterocycles. The summed E-state index contributed by atoms with van der Waals surface area (Å²) >= 11 is 6.67. The van der Waals surface area contributed by atoms with Crippen molar-refractivity contribution in [1.82, 2.24) is 20.8 Å². The molecule has 1 aliphatic carbocycles. The highest BCUT2D eigenvalue weighted by molar-refractivity contribution is 9.11. The zero-order chi connectivity index (χ0) is 11.8. The lowest BCUT2D eigenvalue weighted by Crippen LogP contribution is -2.37. The van der Waals surface area contributed by atoms with Crippen LogP contribution in [0, 0.1) is 5.92 Å². The molecule has 1 unspecified atom stereocenters. The van der Waals surface area contributed by atoms with Crippen LogP contribution in [-0.2, 0) is 0 Å². The van der Waals surface area contributed by atoms with Gasteiger partial charge in [0.25, 0.3) is 0 Å². The quantitative estimate of drug-likeness (QED) is 0.721. The van der Waals surface area contributed by atoms with Crippen molar-refractivity contribution in [2.45, 2.75) is 19.0 Å². The second-order valence-electron chi connectivity index (χ2n) is 4.12. The highest BCUT2D eigenvalue weighted by atomic mass is 79.9.